The molecule has 5 heteroatoms. The number of halogens is 1. The fourth-order valence-electron chi connectivity index (χ4n) is 1.62. The summed E-state index contributed by atoms with van der Waals surface area (Å²) >= 11 is 3.31. The van der Waals surface area contributed by atoms with Crippen molar-refractivity contribution in [3.63, 3.8) is 0 Å². The Labute approximate surface area is 119 Å². The van der Waals surface area contributed by atoms with Crippen molar-refractivity contribution in [2.45, 2.75) is 6.61 Å². The number of nitrogens with two attached hydrogens (primary N) is 1. The van der Waals surface area contributed by atoms with Gasteiger partial charge in [-0.3, -0.25) is 10.2 Å². The third-order valence-corrected chi connectivity index (χ3v) is 3.05. The van der Waals surface area contributed by atoms with Crippen LogP contribution in [0.4, 0.5) is 0 Å². The number of amides is 1. The van der Waals surface area contributed by atoms with Gasteiger partial charge in [-0.15, -0.1) is 0 Å². The maximum atomic E-state index is 11.7. The maximum absolute atomic E-state index is 11.7. The van der Waals surface area contributed by atoms with Gasteiger partial charge in [0, 0.05) is 4.47 Å². The Hall–Kier alpha value is -1.85. The zero-order chi connectivity index (χ0) is 13.7. The van der Waals surface area contributed by atoms with Gasteiger partial charge in [0.25, 0.3) is 5.91 Å². The number of ether oxygens (including phenoxy) is 1. The molecule has 0 aliphatic rings. The van der Waals surface area contributed by atoms with E-state index in [4.69, 9.17) is 10.6 Å². The van der Waals surface area contributed by atoms with Gasteiger partial charge in [0.2, 0.25) is 0 Å². The fraction of sp³-hybridized carbons (Fsp3) is 0.0714. The van der Waals surface area contributed by atoms with E-state index < -0.39 is 0 Å². The number of nitrogens with one attached hydrogen (secondary N) is 1. The van der Waals surface area contributed by atoms with Gasteiger partial charge in [-0.25, -0.2) is 5.84 Å². The second-order valence-electron chi connectivity index (χ2n) is 3.89. The van der Waals surface area contributed by atoms with E-state index in [0.29, 0.717) is 17.9 Å². The van der Waals surface area contributed by atoms with E-state index in [2.05, 4.69) is 21.4 Å². The molecule has 0 spiro atoms. The van der Waals surface area contributed by atoms with E-state index in [1.165, 1.54) is 0 Å². The lowest BCUT2D eigenvalue weighted by atomic mass is 10.2. The van der Waals surface area contributed by atoms with Gasteiger partial charge >= 0.3 is 0 Å². The minimum atomic E-state index is -0.385. The minimum Gasteiger partial charge on any atom is -0.488 e. The Morgan fingerprint density at radius 1 is 1.21 bits per heavy atom. The molecule has 0 radical (unpaired) electrons. The van der Waals surface area contributed by atoms with Gasteiger partial charge in [0.15, 0.2) is 0 Å². The van der Waals surface area contributed by atoms with Crippen LogP contribution in [0, 0.1) is 0 Å². The highest BCUT2D eigenvalue weighted by atomic mass is 79.9. The molecule has 0 atom stereocenters. The Kier molecular flexibility index (Phi) is 4.54. The van der Waals surface area contributed by atoms with E-state index in [0.717, 1.165) is 10.0 Å². The third-order valence-electron chi connectivity index (χ3n) is 2.55. The molecule has 0 saturated heterocycles. The molecule has 0 fully saturated rings. The summed E-state index contributed by atoms with van der Waals surface area (Å²) in [6, 6.07) is 15.0. The van der Waals surface area contributed by atoms with Crippen LogP contribution in [-0.4, -0.2) is 5.91 Å². The molecule has 2 aromatic rings. The van der Waals surface area contributed by atoms with Crippen LogP contribution in [0.1, 0.15) is 15.9 Å². The number of hydrogen-bond donors (Lipinski definition) is 2. The number of hydrazine groups is 1. The lowest BCUT2D eigenvalue weighted by molar-refractivity contribution is 0.0949. The zero-order valence-corrected chi connectivity index (χ0v) is 11.7. The predicted octanol–water partition coefficient (Wildman–Crippen LogP) is 2.63. The molecule has 4 nitrogen and oxygen atoms in total. The molecule has 2 aromatic carbocycles. The number of benzene rings is 2. The molecule has 0 aliphatic carbocycles. The number of carbonyl (C=O) groups is 1. The lowest BCUT2D eigenvalue weighted by Gasteiger charge is -2.11. The van der Waals surface area contributed by atoms with Gasteiger partial charge in [-0.05, 0) is 23.8 Å². The van der Waals surface area contributed by atoms with Gasteiger partial charge in [-0.2, -0.15) is 0 Å². The zero-order valence-electron chi connectivity index (χ0n) is 10.1. The molecule has 0 unspecified atom stereocenters. The van der Waals surface area contributed by atoms with Crippen molar-refractivity contribution < 1.29 is 9.53 Å². The molecule has 0 saturated carbocycles. The normalized spacial score (nSPS) is 10.0. The van der Waals surface area contributed by atoms with Gasteiger partial charge < -0.3 is 4.74 Å². The summed E-state index contributed by atoms with van der Waals surface area (Å²) in [5.74, 6) is 5.27. The monoisotopic (exact) mass is 320 g/mol. The molecule has 3 N–H and O–H groups in total. The van der Waals surface area contributed by atoms with Crippen LogP contribution in [0.25, 0.3) is 0 Å². The molecular weight excluding hydrogens is 308 g/mol. The minimum absolute atomic E-state index is 0.385. The lowest BCUT2D eigenvalue weighted by Crippen LogP contribution is -2.30. The van der Waals surface area contributed by atoms with Crippen molar-refractivity contribution in [3.05, 3.63) is 64.1 Å². The summed E-state index contributed by atoms with van der Waals surface area (Å²) in [5, 5.41) is 0. The summed E-state index contributed by atoms with van der Waals surface area (Å²) in [6.45, 7) is 0.396. The summed E-state index contributed by atoms with van der Waals surface area (Å²) in [7, 11) is 0. The molecular formula is C14H13BrN2O2. The van der Waals surface area contributed by atoms with Crippen LogP contribution in [0.2, 0.25) is 0 Å². The van der Waals surface area contributed by atoms with Gasteiger partial charge in [0.05, 0.1) is 5.56 Å². The van der Waals surface area contributed by atoms with Crippen LogP contribution >= 0.6 is 15.9 Å². The van der Waals surface area contributed by atoms with E-state index in [-0.39, 0.29) is 5.91 Å². The topological polar surface area (TPSA) is 64.3 Å². The smallest absolute Gasteiger partial charge is 0.268 e. The van der Waals surface area contributed by atoms with Crippen molar-refractivity contribution >= 4 is 21.8 Å². The highest BCUT2D eigenvalue weighted by Gasteiger charge is 2.12. The Bertz CT molecular complexity index is 573. The SMILES string of the molecule is NNC(=O)c1cc(Br)ccc1OCc1ccccc1. The first-order chi connectivity index (χ1) is 9.20. The predicted molar refractivity (Wildman–Crippen MR) is 76.6 cm³/mol. The van der Waals surface area contributed by atoms with E-state index in [1.54, 1.807) is 12.1 Å². The number of rotatable bonds is 4. The van der Waals surface area contributed by atoms with Crippen molar-refractivity contribution in [2.24, 2.45) is 5.84 Å². The van der Waals surface area contributed by atoms with Gasteiger partial charge in [0.1, 0.15) is 12.4 Å². The molecule has 19 heavy (non-hydrogen) atoms. The van der Waals surface area contributed by atoms with Crippen LogP contribution < -0.4 is 16.0 Å². The number of hydrogen-bond acceptors (Lipinski definition) is 3. The van der Waals surface area contributed by atoms with Crippen molar-refractivity contribution in [2.75, 3.05) is 0 Å². The Morgan fingerprint density at radius 2 is 1.95 bits per heavy atom. The number of nitrogen functional groups attached to an aromatic ring is 1. The Morgan fingerprint density at radius 3 is 2.63 bits per heavy atom. The van der Waals surface area contributed by atoms with E-state index >= 15 is 0 Å². The molecule has 2 rings (SSSR count). The molecule has 1 amide bonds. The average molecular weight is 321 g/mol. The highest BCUT2D eigenvalue weighted by molar-refractivity contribution is 9.10. The second kappa shape index (κ2) is 6.36. The van der Waals surface area contributed by atoms with E-state index in [9.17, 15) is 4.79 Å². The third kappa shape index (κ3) is 3.56. The van der Waals surface area contributed by atoms with Crippen LogP contribution in [0.15, 0.2) is 53.0 Å². The molecule has 0 bridgehead atoms. The van der Waals surface area contributed by atoms with Crippen LogP contribution in [-0.2, 0) is 6.61 Å². The fourth-order valence-corrected chi connectivity index (χ4v) is 1.98. The highest BCUT2D eigenvalue weighted by Crippen LogP contribution is 2.24. The summed E-state index contributed by atoms with van der Waals surface area (Å²) in [6.07, 6.45) is 0. The quantitative estimate of drug-likeness (QED) is 0.517. The first kappa shape index (κ1) is 13.6. The Balaban J connectivity index is 2.18. The van der Waals surface area contributed by atoms with Crippen LogP contribution in [0.5, 0.6) is 5.75 Å². The van der Waals surface area contributed by atoms with Crippen molar-refractivity contribution in [1.82, 2.24) is 5.43 Å². The second-order valence-corrected chi connectivity index (χ2v) is 4.80. The standard InChI is InChI=1S/C14H13BrN2O2/c15-11-6-7-13(12(8-11)14(18)17-16)19-9-10-4-2-1-3-5-10/h1-8H,9,16H2,(H,17,18). The molecule has 98 valence electrons. The van der Waals surface area contributed by atoms with Crippen molar-refractivity contribution in [1.29, 1.82) is 0 Å². The summed E-state index contributed by atoms with van der Waals surface area (Å²) in [5.41, 5.74) is 3.54. The maximum Gasteiger partial charge on any atom is 0.268 e. The number of carbonyl (C=O) groups excluding carboxylic acids is 1. The van der Waals surface area contributed by atoms with E-state index in [1.807, 2.05) is 36.4 Å². The molecule has 0 aromatic heterocycles. The first-order valence-electron chi connectivity index (χ1n) is 5.68. The first-order valence-corrected chi connectivity index (χ1v) is 6.47. The molecule has 0 aliphatic heterocycles. The average Bonchev–Trinajstić information content (AvgIpc) is 2.46. The van der Waals surface area contributed by atoms with Gasteiger partial charge in [-0.1, -0.05) is 46.3 Å². The largest absolute Gasteiger partial charge is 0.488 e. The van der Waals surface area contributed by atoms with Crippen LogP contribution in [0.3, 0.4) is 0 Å². The summed E-state index contributed by atoms with van der Waals surface area (Å²) < 4.78 is 6.45. The molecule has 0 heterocycles. The summed E-state index contributed by atoms with van der Waals surface area (Å²) in [4.78, 5) is 11.7. The van der Waals surface area contributed by atoms with Crippen molar-refractivity contribution in [3.8, 4) is 5.75 Å².